The Morgan fingerprint density at radius 3 is 2.60 bits per heavy atom. The zero-order chi connectivity index (χ0) is 18.8. The van der Waals surface area contributed by atoms with Gasteiger partial charge in [-0.3, -0.25) is 5.32 Å². The molecule has 0 aliphatic heterocycles. The molecule has 0 spiro atoms. The second-order valence-corrected chi connectivity index (χ2v) is 5.57. The van der Waals surface area contributed by atoms with Crippen LogP contribution in [-0.2, 0) is 4.79 Å². The van der Waals surface area contributed by atoms with Gasteiger partial charge in [0.25, 0.3) is 0 Å². The van der Waals surface area contributed by atoms with Crippen LogP contribution in [0.1, 0.15) is 12.6 Å². The standard InChI is InChI=1S/C15H16F2N4O4/c1-8-5-12(19-14(24)18-7-15(2,25)13(22)23)20-21(8)11-4-3-9(16)6-10(11)17/h3-6,25H,7H2,1-2H3,(H,22,23)(H2,18,19,20,24). The summed E-state index contributed by atoms with van der Waals surface area (Å²) >= 11 is 0. The molecule has 0 aliphatic rings. The molecule has 25 heavy (non-hydrogen) atoms. The number of urea groups is 1. The number of amides is 2. The van der Waals surface area contributed by atoms with Crippen molar-refractivity contribution in [2.24, 2.45) is 0 Å². The third-order valence-corrected chi connectivity index (χ3v) is 3.32. The zero-order valence-corrected chi connectivity index (χ0v) is 13.4. The summed E-state index contributed by atoms with van der Waals surface area (Å²) in [5.74, 6) is -2.97. The van der Waals surface area contributed by atoms with Crippen LogP contribution in [-0.4, -0.2) is 44.1 Å². The van der Waals surface area contributed by atoms with Crippen molar-refractivity contribution in [3.05, 3.63) is 41.6 Å². The Bertz CT molecular complexity index is 820. The Kier molecular flexibility index (Phi) is 5.02. The minimum Gasteiger partial charge on any atom is -0.479 e. The minimum absolute atomic E-state index is 0.00108. The number of nitrogens with one attached hydrogen (secondary N) is 2. The van der Waals surface area contributed by atoms with Crippen molar-refractivity contribution in [1.82, 2.24) is 15.1 Å². The van der Waals surface area contributed by atoms with E-state index < -0.39 is 35.8 Å². The van der Waals surface area contributed by atoms with Crippen molar-refractivity contribution >= 4 is 17.8 Å². The molecule has 134 valence electrons. The molecule has 0 fully saturated rings. The number of aryl methyl sites for hydroxylation is 1. The van der Waals surface area contributed by atoms with E-state index in [1.54, 1.807) is 6.92 Å². The fourth-order valence-electron chi connectivity index (χ4n) is 1.92. The van der Waals surface area contributed by atoms with E-state index in [2.05, 4.69) is 15.7 Å². The molecule has 0 saturated heterocycles. The highest BCUT2D eigenvalue weighted by Gasteiger charge is 2.30. The fourth-order valence-corrected chi connectivity index (χ4v) is 1.92. The summed E-state index contributed by atoms with van der Waals surface area (Å²) in [5.41, 5.74) is -1.65. The average molecular weight is 354 g/mol. The summed E-state index contributed by atoms with van der Waals surface area (Å²) in [7, 11) is 0. The van der Waals surface area contributed by atoms with Gasteiger partial charge in [0, 0.05) is 17.8 Å². The van der Waals surface area contributed by atoms with Gasteiger partial charge < -0.3 is 15.5 Å². The van der Waals surface area contributed by atoms with Gasteiger partial charge in [-0.05, 0) is 26.0 Å². The average Bonchev–Trinajstić information content (AvgIpc) is 2.85. The SMILES string of the molecule is Cc1cc(NC(=O)NCC(C)(O)C(=O)O)nn1-c1ccc(F)cc1F. The Hall–Kier alpha value is -3.01. The summed E-state index contributed by atoms with van der Waals surface area (Å²) < 4.78 is 28.0. The minimum atomic E-state index is -2.12. The number of hydrogen-bond acceptors (Lipinski definition) is 4. The summed E-state index contributed by atoms with van der Waals surface area (Å²) in [6, 6.07) is 3.64. The van der Waals surface area contributed by atoms with E-state index in [4.69, 9.17) is 5.11 Å². The third kappa shape index (κ3) is 4.29. The maximum absolute atomic E-state index is 13.8. The van der Waals surface area contributed by atoms with Gasteiger partial charge in [0.1, 0.15) is 11.5 Å². The summed E-state index contributed by atoms with van der Waals surface area (Å²) in [6.07, 6.45) is 0. The monoisotopic (exact) mass is 354 g/mol. The predicted octanol–water partition coefficient (Wildman–Crippen LogP) is 1.42. The van der Waals surface area contributed by atoms with Crippen LogP contribution in [0.25, 0.3) is 5.69 Å². The Morgan fingerprint density at radius 2 is 2.00 bits per heavy atom. The van der Waals surface area contributed by atoms with Crippen LogP contribution in [0.2, 0.25) is 0 Å². The number of halogens is 2. The number of aliphatic hydroxyl groups is 1. The highest BCUT2D eigenvalue weighted by atomic mass is 19.1. The van der Waals surface area contributed by atoms with Crippen LogP contribution >= 0.6 is 0 Å². The molecule has 2 rings (SSSR count). The molecule has 0 saturated carbocycles. The lowest BCUT2D eigenvalue weighted by atomic mass is 10.1. The summed E-state index contributed by atoms with van der Waals surface area (Å²) in [5, 5.41) is 26.8. The molecule has 2 aromatic rings. The molecular weight excluding hydrogens is 338 g/mol. The molecule has 8 nitrogen and oxygen atoms in total. The maximum Gasteiger partial charge on any atom is 0.337 e. The van der Waals surface area contributed by atoms with Crippen molar-refractivity contribution in [3.63, 3.8) is 0 Å². The number of rotatable bonds is 5. The molecular formula is C15H16F2N4O4. The van der Waals surface area contributed by atoms with Crippen LogP contribution in [0.15, 0.2) is 24.3 Å². The number of nitrogens with zero attached hydrogens (tertiary/aromatic N) is 2. The largest absolute Gasteiger partial charge is 0.479 e. The number of aromatic nitrogens is 2. The molecule has 1 unspecified atom stereocenters. The van der Waals surface area contributed by atoms with E-state index in [0.717, 1.165) is 13.0 Å². The molecule has 1 aromatic carbocycles. The molecule has 0 aliphatic carbocycles. The number of carbonyl (C=O) groups is 2. The number of aliphatic carboxylic acids is 1. The van der Waals surface area contributed by atoms with E-state index in [0.29, 0.717) is 11.8 Å². The van der Waals surface area contributed by atoms with E-state index in [9.17, 15) is 23.5 Å². The highest BCUT2D eigenvalue weighted by Crippen LogP contribution is 2.18. The predicted molar refractivity (Wildman–Crippen MR) is 83.5 cm³/mol. The molecule has 1 atom stereocenters. The molecule has 0 radical (unpaired) electrons. The van der Waals surface area contributed by atoms with Gasteiger partial charge in [0.15, 0.2) is 17.2 Å². The smallest absolute Gasteiger partial charge is 0.337 e. The van der Waals surface area contributed by atoms with Gasteiger partial charge in [0.2, 0.25) is 0 Å². The molecule has 1 aromatic heterocycles. The third-order valence-electron chi connectivity index (χ3n) is 3.32. The number of hydrogen-bond donors (Lipinski definition) is 4. The van der Waals surface area contributed by atoms with Gasteiger partial charge in [-0.1, -0.05) is 0 Å². The van der Waals surface area contributed by atoms with E-state index >= 15 is 0 Å². The normalized spacial score (nSPS) is 13.2. The van der Waals surface area contributed by atoms with Crippen LogP contribution < -0.4 is 10.6 Å². The first kappa shape index (κ1) is 18.3. The Balaban J connectivity index is 2.10. The fraction of sp³-hybridized carbons (Fsp3) is 0.267. The second-order valence-electron chi connectivity index (χ2n) is 5.57. The van der Waals surface area contributed by atoms with Crippen LogP contribution in [0.5, 0.6) is 0 Å². The van der Waals surface area contributed by atoms with Crippen LogP contribution in [0.3, 0.4) is 0 Å². The lowest BCUT2D eigenvalue weighted by Crippen LogP contribution is -2.47. The molecule has 10 heteroatoms. The summed E-state index contributed by atoms with van der Waals surface area (Å²) in [4.78, 5) is 22.5. The van der Waals surface area contributed by atoms with Crippen molar-refractivity contribution in [1.29, 1.82) is 0 Å². The molecule has 0 bridgehead atoms. The van der Waals surface area contributed by atoms with E-state index in [1.807, 2.05) is 0 Å². The number of carboxylic acids is 1. The van der Waals surface area contributed by atoms with Crippen molar-refractivity contribution in [2.45, 2.75) is 19.4 Å². The Labute approximate surface area is 141 Å². The van der Waals surface area contributed by atoms with Gasteiger partial charge >= 0.3 is 12.0 Å². The van der Waals surface area contributed by atoms with Gasteiger partial charge in [0.05, 0.1) is 6.54 Å². The lowest BCUT2D eigenvalue weighted by molar-refractivity contribution is -0.155. The van der Waals surface area contributed by atoms with Crippen molar-refractivity contribution in [3.8, 4) is 5.69 Å². The molecule has 4 N–H and O–H groups in total. The second kappa shape index (κ2) is 6.85. The number of carboxylic acid groups (broad SMARTS) is 1. The maximum atomic E-state index is 13.8. The first-order valence-corrected chi connectivity index (χ1v) is 7.13. The highest BCUT2D eigenvalue weighted by molar-refractivity contribution is 5.89. The molecule has 1 heterocycles. The zero-order valence-electron chi connectivity index (χ0n) is 13.4. The van der Waals surface area contributed by atoms with Crippen molar-refractivity contribution < 1.29 is 28.6 Å². The quantitative estimate of drug-likeness (QED) is 0.648. The van der Waals surface area contributed by atoms with Gasteiger partial charge in [-0.2, -0.15) is 0 Å². The van der Waals surface area contributed by atoms with Gasteiger partial charge in [-0.25, -0.2) is 23.1 Å². The first-order chi connectivity index (χ1) is 11.6. The van der Waals surface area contributed by atoms with Crippen molar-refractivity contribution in [2.75, 3.05) is 11.9 Å². The van der Waals surface area contributed by atoms with Crippen LogP contribution in [0.4, 0.5) is 19.4 Å². The van der Waals surface area contributed by atoms with E-state index in [-0.39, 0.29) is 11.5 Å². The number of anilines is 1. The van der Waals surface area contributed by atoms with Crippen LogP contribution in [0, 0.1) is 18.6 Å². The number of benzene rings is 1. The topological polar surface area (TPSA) is 116 Å². The first-order valence-electron chi connectivity index (χ1n) is 7.13. The Morgan fingerprint density at radius 1 is 1.32 bits per heavy atom. The molecule has 2 amide bonds. The van der Waals surface area contributed by atoms with E-state index in [1.165, 1.54) is 16.8 Å². The number of carbonyl (C=O) groups excluding carboxylic acids is 1. The van der Waals surface area contributed by atoms with Gasteiger partial charge in [-0.15, -0.1) is 5.10 Å². The summed E-state index contributed by atoms with van der Waals surface area (Å²) in [6.45, 7) is 2.11. The lowest BCUT2D eigenvalue weighted by Gasteiger charge is -2.18.